The lowest BCUT2D eigenvalue weighted by Crippen LogP contribution is -1.96. The number of carbonyl (C=O) groups is 1. The number of carboxylic acid groups (broad SMARTS) is 1. The van der Waals surface area contributed by atoms with Crippen LogP contribution >= 0.6 is 11.3 Å². The molecule has 1 aromatic rings. The number of rotatable bonds is 6. The SMILES string of the molecule is Cc1nc(CCCO)sc1CCC(=O)O. The van der Waals surface area contributed by atoms with Gasteiger partial charge in [0.25, 0.3) is 0 Å². The van der Waals surface area contributed by atoms with E-state index in [9.17, 15) is 4.79 Å². The van der Waals surface area contributed by atoms with Gasteiger partial charge in [0.15, 0.2) is 0 Å². The van der Waals surface area contributed by atoms with Gasteiger partial charge in [-0.15, -0.1) is 11.3 Å². The molecular formula is C10H15NO3S. The van der Waals surface area contributed by atoms with Crippen LogP contribution in [0.5, 0.6) is 0 Å². The Morgan fingerprint density at radius 1 is 1.47 bits per heavy atom. The van der Waals surface area contributed by atoms with Crippen molar-refractivity contribution in [2.75, 3.05) is 6.61 Å². The van der Waals surface area contributed by atoms with E-state index in [1.165, 1.54) is 0 Å². The summed E-state index contributed by atoms with van der Waals surface area (Å²) in [7, 11) is 0. The first-order valence-corrected chi connectivity index (χ1v) is 5.73. The highest BCUT2D eigenvalue weighted by molar-refractivity contribution is 7.11. The summed E-state index contributed by atoms with van der Waals surface area (Å²) in [5.74, 6) is -0.778. The van der Waals surface area contributed by atoms with Crippen LogP contribution in [0.3, 0.4) is 0 Å². The molecule has 0 spiro atoms. The molecule has 0 bridgehead atoms. The molecule has 0 aliphatic rings. The van der Waals surface area contributed by atoms with Gasteiger partial charge < -0.3 is 10.2 Å². The highest BCUT2D eigenvalue weighted by Crippen LogP contribution is 2.20. The third kappa shape index (κ3) is 3.97. The number of hydrogen-bond acceptors (Lipinski definition) is 4. The van der Waals surface area contributed by atoms with Crippen LogP contribution in [0.2, 0.25) is 0 Å². The molecule has 0 aliphatic heterocycles. The fourth-order valence-corrected chi connectivity index (χ4v) is 2.39. The Kier molecular flexibility index (Phi) is 4.71. The maximum Gasteiger partial charge on any atom is 0.303 e. The van der Waals surface area contributed by atoms with E-state index >= 15 is 0 Å². The lowest BCUT2D eigenvalue weighted by Gasteiger charge is -1.93. The summed E-state index contributed by atoms with van der Waals surface area (Å²) in [5.41, 5.74) is 0.925. The maximum absolute atomic E-state index is 10.4. The second kappa shape index (κ2) is 5.82. The molecule has 0 saturated carbocycles. The molecule has 1 aromatic heterocycles. The predicted octanol–water partition coefficient (Wildman–Crippen LogP) is 1.39. The van der Waals surface area contributed by atoms with Gasteiger partial charge in [-0.1, -0.05) is 0 Å². The normalized spacial score (nSPS) is 10.5. The van der Waals surface area contributed by atoms with Gasteiger partial charge in [0, 0.05) is 17.9 Å². The molecule has 1 rings (SSSR count). The fourth-order valence-electron chi connectivity index (χ4n) is 1.28. The molecule has 0 fully saturated rings. The molecule has 0 unspecified atom stereocenters. The van der Waals surface area contributed by atoms with Crippen LogP contribution in [-0.4, -0.2) is 27.8 Å². The van der Waals surface area contributed by atoms with Crippen molar-refractivity contribution in [2.24, 2.45) is 0 Å². The van der Waals surface area contributed by atoms with Crippen molar-refractivity contribution < 1.29 is 15.0 Å². The van der Waals surface area contributed by atoms with Crippen molar-refractivity contribution in [3.05, 3.63) is 15.6 Å². The summed E-state index contributed by atoms with van der Waals surface area (Å²) in [4.78, 5) is 15.8. The second-order valence-electron chi connectivity index (χ2n) is 3.34. The number of nitrogens with zero attached hydrogens (tertiary/aromatic N) is 1. The standard InChI is InChI=1S/C10H15NO3S/c1-7-8(4-5-10(13)14)15-9(11-7)3-2-6-12/h12H,2-6H2,1H3,(H,13,14). The zero-order valence-corrected chi connectivity index (χ0v) is 9.51. The van der Waals surface area contributed by atoms with E-state index in [1.807, 2.05) is 6.92 Å². The Morgan fingerprint density at radius 2 is 2.20 bits per heavy atom. The van der Waals surface area contributed by atoms with E-state index in [4.69, 9.17) is 10.2 Å². The minimum absolute atomic E-state index is 0.155. The first kappa shape index (κ1) is 12.1. The molecule has 5 heteroatoms. The number of aromatic nitrogens is 1. The van der Waals surface area contributed by atoms with Crippen molar-refractivity contribution in [3.63, 3.8) is 0 Å². The van der Waals surface area contributed by atoms with Gasteiger partial charge in [-0.25, -0.2) is 4.98 Å². The minimum Gasteiger partial charge on any atom is -0.481 e. The molecule has 2 N–H and O–H groups in total. The average molecular weight is 229 g/mol. The van der Waals surface area contributed by atoms with Crippen molar-refractivity contribution in [2.45, 2.75) is 32.6 Å². The minimum atomic E-state index is -0.778. The number of aliphatic carboxylic acids is 1. The first-order chi connectivity index (χ1) is 7.13. The van der Waals surface area contributed by atoms with Crippen molar-refractivity contribution in [1.82, 2.24) is 4.98 Å². The Morgan fingerprint density at radius 3 is 2.80 bits per heavy atom. The Bertz CT molecular complexity index is 335. The van der Waals surface area contributed by atoms with Crippen LogP contribution < -0.4 is 0 Å². The second-order valence-corrected chi connectivity index (χ2v) is 4.51. The van der Waals surface area contributed by atoms with Crippen LogP contribution in [0.25, 0.3) is 0 Å². The lowest BCUT2D eigenvalue weighted by atomic mass is 10.2. The van der Waals surface area contributed by atoms with Gasteiger partial charge in [0.2, 0.25) is 0 Å². The Balaban J connectivity index is 2.56. The van der Waals surface area contributed by atoms with Crippen LogP contribution in [-0.2, 0) is 17.6 Å². The lowest BCUT2D eigenvalue weighted by molar-refractivity contribution is -0.136. The van der Waals surface area contributed by atoms with Crippen molar-refractivity contribution in [1.29, 1.82) is 0 Å². The number of hydrogen-bond donors (Lipinski definition) is 2. The summed E-state index contributed by atoms with van der Waals surface area (Å²) in [6, 6.07) is 0. The third-order valence-electron chi connectivity index (χ3n) is 2.05. The smallest absolute Gasteiger partial charge is 0.303 e. The predicted molar refractivity (Wildman–Crippen MR) is 58.2 cm³/mol. The average Bonchev–Trinajstić information content (AvgIpc) is 2.53. The van der Waals surface area contributed by atoms with Gasteiger partial charge in [-0.3, -0.25) is 4.79 Å². The topological polar surface area (TPSA) is 70.4 Å². The van der Waals surface area contributed by atoms with Gasteiger partial charge in [0.1, 0.15) is 0 Å². The summed E-state index contributed by atoms with van der Waals surface area (Å²) in [6.45, 7) is 2.07. The van der Waals surface area contributed by atoms with Gasteiger partial charge in [-0.2, -0.15) is 0 Å². The Hall–Kier alpha value is -0.940. The van der Waals surface area contributed by atoms with E-state index in [1.54, 1.807) is 11.3 Å². The largest absolute Gasteiger partial charge is 0.481 e. The number of aliphatic hydroxyl groups is 1. The quantitative estimate of drug-likeness (QED) is 0.773. The zero-order chi connectivity index (χ0) is 11.3. The van der Waals surface area contributed by atoms with Crippen LogP contribution in [0.4, 0.5) is 0 Å². The van der Waals surface area contributed by atoms with E-state index in [0.717, 1.165) is 22.0 Å². The number of carboxylic acids is 1. The molecule has 0 aromatic carbocycles. The van der Waals surface area contributed by atoms with E-state index < -0.39 is 5.97 Å². The molecule has 0 amide bonds. The van der Waals surface area contributed by atoms with Gasteiger partial charge in [-0.05, 0) is 19.8 Å². The highest BCUT2D eigenvalue weighted by atomic mass is 32.1. The maximum atomic E-state index is 10.4. The van der Waals surface area contributed by atoms with E-state index in [0.29, 0.717) is 12.8 Å². The molecule has 0 atom stereocenters. The van der Waals surface area contributed by atoms with Crippen LogP contribution in [0, 0.1) is 6.92 Å². The van der Waals surface area contributed by atoms with Gasteiger partial charge in [0.05, 0.1) is 17.1 Å². The molecule has 4 nitrogen and oxygen atoms in total. The summed E-state index contributed by atoms with van der Waals surface area (Å²) >= 11 is 1.56. The number of aryl methyl sites for hydroxylation is 3. The molecule has 0 radical (unpaired) electrons. The van der Waals surface area contributed by atoms with Gasteiger partial charge >= 0.3 is 5.97 Å². The fraction of sp³-hybridized carbons (Fsp3) is 0.600. The van der Waals surface area contributed by atoms with E-state index in [2.05, 4.69) is 4.98 Å². The molecule has 84 valence electrons. The van der Waals surface area contributed by atoms with Crippen molar-refractivity contribution in [3.8, 4) is 0 Å². The molecule has 15 heavy (non-hydrogen) atoms. The van der Waals surface area contributed by atoms with Crippen LogP contribution in [0.1, 0.15) is 28.4 Å². The molecule has 0 saturated heterocycles. The van der Waals surface area contributed by atoms with Crippen LogP contribution in [0.15, 0.2) is 0 Å². The Labute approximate surface area is 92.6 Å². The zero-order valence-electron chi connectivity index (χ0n) is 8.69. The number of thiazole rings is 1. The van der Waals surface area contributed by atoms with E-state index in [-0.39, 0.29) is 13.0 Å². The highest BCUT2D eigenvalue weighted by Gasteiger charge is 2.08. The molecule has 1 heterocycles. The third-order valence-corrected chi connectivity index (χ3v) is 3.33. The summed E-state index contributed by atoms with van der Waals surface area (Å²) < 4.78 is 0. The monoisotopic (exact) mass is 229 g/mol. The summed E-state index contributed by atoms with van der Waals surface area (Å²) in [5, 5.41) is 18.2. The van der Waals surface area contributed by atoms with Crippen molar-refractivity contribution >= 4 is 17.3 Å². The molecular weight excluding hydrogens is 214 g/mol. The first-order valence-electron chi connectivity index (χ1n) is 4.91. The molecule has 0 aliphatic carbocycles. The summed E-state index contributed by atoms with van der Waals surface area (Å²) in [6.07, 6.45) is 2.20. The number of aliphatic hydroxyl groups excluding tert-OH is 1.